The zero-order valence-electron chi connectivity index (χ0n) is 18.5. The number of nitrogens with two attached hydrogens (primary N) is 1. The first-order valence-corrected chi connectivity index (χ1v) is 11.4. The number of thiophene rings is 1. The summed E-state index contributed by atoms with van der Waals surface area (Å²) in [4.78, 5) is 15.0. The van der Waals surface area contributed by atoms with Gasteiger partial charge < -0.3 is 11.1 Å². The van der Waals surface area contributed by atoms with Gasteiger partial charge >= 0.3 is 0 Å². The van der Waals surface area contributed by atoms with E-state index in [0.717, 1.165) is 28.1 Å². The van der Waals surface area contributed by atoms with E-state index in [1.165, 1.54) is 16.0 Å². The number of rotatable bonds is 6. The van der Waals surface area contributed by atoms with Crippen molar-refractivity contribution in [3.05, 3.63) is 60.4 Å². The van der Waals surface area contributed by atoms with Crippen LogP contribution in [0.4, 0.5) is 5.82 Å². The van der Waals surface area contributed by atoms with E-state index in [2.05, 4.69) is 68.3 Å². The van der Waals surface area contributed by atoms with Gasteiger partial charge in [0.2, 0.25) is 0 Å². The van der Waals surface area contributed by atoms with E-state index < -0.39 is 0 Å². The highest BCUT2D eigenvalue weighted by atomic mass is 32.1. The van der Waals surface area contributed by atoms with Crippen molar-refractivity contribution >= 4 is 27.4 Å². The topological polar surface area (TPSA) is 76.7 Å². The van der Waals surface area contributed by atoms with Gasteiger partial charge in [-0.05, 0) is 47.2 Å². The first-order chi connectivity index (χ1) is 14.8. The molecule has 0 aliphatic heterocycles. The van der Waals surface area contributed by atoms with Crippen LogP contribution in [0.2, 0.25) is 0 Å². The molecule has 3 heterocycles. The van der Waals surface area contributed by atoms with Gasteiger partial charge in [0.25, 0.3) is 0 Å². The summed E-state index contributed by atoms with van der Waals surface area (Å²) in [5.41, 5.74) is 10.4. The second kappa shape index (κ2) is 8.73. The summed E-state index contributed by atoms with van der Waals surface area (Å²) in [5.74, 6) is 1.92. The van der Waals surface area contributed by atoms with Gasteiger partial charge in [0.05, 0.1) is 10.2 Å². The number of nitrogens with zero attached hydrogens (tertiary/aromatic N) is 3. The molecule has 3 aromatic heterocycles. The number of fused-ring (bicyclic) bond motifs is 1. The third-order valence-corrected chi connectivity index (χ3v) is 6.55. The Labute approximate surface area is 187 Å². The fourth-order valence-corrected chi connectivity index (χ4v) is 4.38. The Morgan fingerprint density at radius 3 is 2.35 bits per heavy atom. The van der Waals surface area contributed by atoms with Crippen LogP contribution in [-0.4, -0.2) is 28.0 Å². The number of nitrogens with one attached hydrogen (secondary N) is 1. The van der Waals surface area contributed by atoms with Crippen LogP contribution in [0.15, 0.2) is 54.9 Å². The summed E-state index contributed by atoms with van der Waals surface area (Å²) in [6, 6.07) is 14.9. The van der Waals surface area contributed by atoms with Crippen molar-refractivity contribution in [3.8, 4) is 21.8 Å². The van der Waals surface area contributed by atoms with E-state index in [0.29, 0.717) is 18.3 Å². The fraction of sp³-hybridized carbons (Fsp3) is 0.320. The van der Waals surface area contributed by atoms with E-state index in [1.54, 1.807) is 23.7 Å². The van der Waals surface area contributed by atoms with Crippen molar-refractivity contribution in [2.45, 2.75) is 33.1 Å². The minimum Gasteiger partial charge on any atom is -0.368 e. The van der Waals surface area contributed by atoms with Crippen molar-refractivity contribution in [2.75, 3.05) is 18.4 Å². The molecule has 4 aromatic rings. The lowest BCUT2D eigenvalue weighted by molar-refractivity contribution is 0.590. The molecule has 0 radical (unpaired) electrons. The Morgan fingerprint density at radius 2 is 1.71 bits per heavy atom. The fourth-order valence-electron chi connectivity index (χ4n) is 3.31. The van der Waals surface area contributed by atoms with Gasteiger partial charge in [-0.3, -0.25) is 4.98 Å². The number of hydrogen-bond donors (Lipinski definition) is 2. The molecule has 3 N–H and O–H groups in total. The lowest BCUT2D eigenvalue weighted by atomic mass is 9.86. The molecule has 31 heavy (non-hydrogen) atoms. The largest absolute Gasteiger partial charge is 0.368 e. The van der Waals surface area contributed by atoms with Gasteiger partial charge in [0.1, 0.15) is 5.82 Å². The van der Waals surface area contributed by atoms with Gasteiger partial charge in [-0.2, -0.15) is 0 Å². The molecule has 1 aromatic carbocycles. The molecule has 0 spiro atoms. The average Bonchev–Trinajstić information content (AvgIpc) is 3.21. The maximum absolute atomic E-state index is 5.82. The minimum absolute atomic E-state index is 0.139. The predicted molar refractivity (Wildman–Crippen MR) is 131 cm³/mol. The molecule has 0 bridgehead atoms. The minimum atomic E-state index is 0.139. The van der Waals surface area contributed by atoms with Gasteiger partial charge in [0, 0.05) is 29.4 Å². The van der Waals surface area contributed by atoms with Crippen molar-refractivity contribution in [2.24, 2.45) is 11.7 Å². The highest BCUT2D eigenvalue weighted by Gasteiger charge is 2.16. The molecule has 0 unspecified atom stereocenters. The van der Waals surface area contributed by atoms with Crippen molar-refractivity contribution in [1.29, 1.82) is 0 Å². The van der Waals surface area contributed by atoms with Crippen LogP contribution in [0.5, 0.6) is 0 Å². The average molecular weight is 432 g/mol. The van der Waals surface area contributed by atoms with E-state index in [9.17, 15) is 0 Å². The quantitative estimate of drug-likeness (QED) is 0.408. The van der Waals surface area contributed by atoms with Crippen LogP contribution in [0.25, 0.3) is 32.0 Å². The zero-order chi connectivity index (χ0) is 22.0. The summed E-state index contributed by atoms with van der Waals surface area (Å²) < 4.78 is 1.07. The molecule has 0 saturated heterocycles. The summed E-state index contributed by atoms with van der Waals surface area (Å²) in [6.45, 7) is 10.2. The molecule has 1 atom stereocenters. The van der Waals surface area contributed by atoms with Crippen LogP contribution < -0.4 is 11.1 Å². The number of anilines is 1. The lowest BCUT2D eigenvalue weighted by Crippen LogP contribution is -2.20. The Balaban J connectivity index is 1.77. The lowest BCUT2D eigenvalue weighted by Gasteiger charge is -2.18. The smallest absolute Gasteiger partial charge is 0.162 e. The molecular formula is C25H29N5S. The summed E-state index contributed by atoms with van der Waals surface area (Å²) >= 11 is 1.72. The van der Waals surface area contributed by atoms with E-state index in [-0.39, 0.29) is 5.41 Å². The summed E-state index contributed by atoms with van der Waals surface area (Å²) in [7, 11) is 0. The summed E-state index contributed by atoms with van der Waals surface area (Å²) in [5, 5.41) is 3.51. The number of pyridine rings is 1. The maximum Gasteiger partial charge on any atom is 0.162 e. The van der Waals surface area contributed by atoms with Crippen LogP contribution >= 0.6 is 11.3 Å². The first kappa shape index (κ1) is 21.4. The van der Waals surface area contributed by atoms with Gasteiger partial charge in [0.15, 0.2) is 5.82 Å². The Kier molecular flexibility index (Phi) is 6.03. The number of hydrogen-bond acceptors (Lipinski definition) is 6. The monoisotopic (exact) mass is 431 g/mol. The third-order valence-electron chi connectivity index (χ3n) is 5.37. The van der Waals surface area contributed by atoms with Crippen LogP contribution in [-0.2, 0) is 5.41 Å². The van der Waals surface area contributed by atoms with E-state index >= 15 is 0 Å². The van der Waals surface area contributed by atoms with E-state index in [4.69, 9.17) is 15.7 Å². The molecule has 4 rings (SSSR count). The maximum atomic E-state index is 5.82. The van der Waals surface area contributed by atoms with Crippen molar-refractivity contribution < 1.29 is 0 Å². The Bertz CT molecular complexity index is 1160. The molecule has 0 saturated carbocycles. The Hall–Kier alpha value is -2.83. The second-order valence-corrected chi connectivity index (χ2v) is 10.1. The van der Waals surface area contributed by atoms with E-state index in [1.807, 2.05) is 12.1 Å². The number of benzene rings is 1. The molecular weight excluding hydrogens is 402 g/mol. The van der Waals surface area contributed by atoms with Crippen LogP contribution in [0, 0.1) is 5.92 Å². The molecule has 0 aliphatic carbocycles. The standard InChI is InChI=1S/C25H29N5S/c1-16(14-26)15-28-24-22-20(29-23(30-24)18-9-11-27-12-10-18)13-21(31-22)17-5-7-19(8-6-17)25(2,3)4/h5-13,16H,14-15,26H2,1-4H3,(H,28,29,30)/t16-/m0/s1. The van der Waals surface area contributed by atoms with Crippen molar-refractivity contribution in [3.63, 3.8) is 0 Å². The first-order valence-electron chi connectivity index (χ1n) is 10.6. The highest BCUT2D eigenvalue weighted by Crippen LogP contribution is 2.38. The van der Waals surface area contributed by atoms with Gasteiger partial charge in [-0.25, -0.2) is 9.97 Å². The molecule has 0 amide bonds. The normalized spacial score (nSPS) is 12.8. The summed E-state index contributed by atoms with van der Waals surface area (Å²) in [6.07, 6.45) is 3.53. The van der Waals surface area contributed by atoms with Gasteiger partial charge in [-0.1, -0.05) is 52.0 Å². The third kappa shape index (κ3) is 4.75. The molecule has 0 aliphatic rings. The highest BCUT2D eigenvalue weighted by molar-refractivity contribution is 7.22. The molecule has 6 heteroatoms. The molecule has 5 nitrogen and oxygen atoms in total. The second-order valence-electron chi connectivity index (χ2n) is 9.01. The van der Waals surface area contributed by atoms with Gasteiger partial charge in [-0.15, -0.1) is 11.3 Å². The predicted octanol–water partition coefficient (Wildman–Crippen LogP) is 5.72. The molecule has 0 fully saturated rings. The molecule has 160 valence electrons. The zero-order valence-corrected chi connectivity index (χ0v) is 19.3. The SMILES string of the molecule is C[C@@H](CN)CNc1nc(-c2ccncc2)nc2cc(-c3ccc(C(C)(C)C)cc3)sc12. The number of aromatic nitrogens is 3. The van der Waals surface area contributed by atoms with Crippen LogP contribution in [0.3, 0.4) is 0 Å². The van der Waals surface area contributed by atoms with Crippen LogP contribution in [0.1, 0.15) is 33.3 Å². The van der Waals surface area contributed by atoms with Crippen molar-refractivity contribution in [1.82, 2.24) is 15.0 Å². The Morgan fingerprint density at radius 1 is 1.00 bits per heavy atom.